The molecule has 0 unspecified atom stereocenters. The highest BCUT2D eigenvalue weighted by molar-refractivity contribution is 7.89. The number of nitrogens with two attached hydrogens (primary N) is 1. The summed E-state index contributed by atoms with van der Waals surface area (Å²) in [5.74, 6) is -0.600. The first-order valence-electron chi connectivity index (χ1n) is 5.33. The van der Waals surface area contributed by atoms with Crippen molar-refractivity contribution in [2.75, 3.05) is 6.54 Å². The van der Waals surface area contributed by atoms with Crippen LogP contribution < -0.4 is 10.5 Å². The molecule has 0 aliphatic rings. The van der Waals surface area contributed by atoms with Crippen LogP contribution in [-0.2, 0) is 10.0 Å². The quantitative estimate of drug-likeness (QED) is 0.804. The molecule has 0 amide bonds. The van der Waals surface area contributed by atoms with E-state index in [0.717, 1.165) is 6.07 Å². The van der Waals surface area contributed by atoms with Gasteiger partial charge in [0.15, 0.2) is 0 Å². The lowest BCUT2D eigenvalue weighted by Crippen LogP contribution is -2.30. The van der Waals surface area contributed by atoms with Crippen LogP contribution in [0.5, 0.6) is 0 Å². The van der Waals surface area contributed by atoms with Crippen molar-refractivity contribution in [2.45, 2.75) is 18.7 Å². The lowest BCUT2D eigenvalue weighted by atomic mass is 10.2. The lowest BCUT2D eigenvalue weighted by molar-refractivity contribution is 0.557. The van der Waals surface area contributed by atoms with Crippen molar-refractivity contribution in [3.05, 3.63) is 29.6 Å². The number of hydrogen-bond donors (Lipinski definition) is 2. The van der Waals surface area contributed by atoms with Gasteiger partial charge >= 0.3 is 0 Å². The van der Waals surface area contributed by atoms with Crippen LogP contribution in [0.4, 0.5) is 4.39 Å². The van der Waals surface area contributed by atoms with Crippen LogP contribution in [0, 0.1) is 11.7 Å². The molecule has 0 aromatic heterocycles. The minimum Gasteiger partial charge on any atom is -0.389 e. The molecule has 0 radical (unpaired) electrons. The van der Waals surface area contributed by atoms with Gasteiger partial charge in [0.25, 0.3) is 0 Å². The third kappa shape index (κ3) is 3.47. The fourth-order valence-corrected chi connectivity index (χ4v) is 3.04. The first-order chi connectivity index (χ1) is 8.25. The van der Waals surface area contributed by atoms with Gasteiger partial charge in [0.05, 0.1) is 10.5 Å². The van der Waals surface area contributed by atoms with Gasteiger partial charge in [0.2, 0.25) is 10.0 Å². The fraction of sp³-hybridized carbons (Fsp3) is 0.364. The number of hydrogen-bond acceptors (Lipinski definition) is 3. The summed E-state index contributed by atoms with van der Waals surface area (Å²) in [4.78, 5) is -0.506. The van der Waals surface area contributed by atoms with Crippen LogP contribution in [0.3, 0.4) is 0 Å². The van der Waals surface area contributed by atoms with E-state index in [1.165, 1.54) is 12.1 Å². The number of benzene rings is 1. The summed E-state index contributed by atoms with van der Waals surface area (Å²) in [5.41, 5.74) is 5.12. The molecule has 7 heteroatoms. The molecule has 18 heavy (non-hydrogen) atoms. The van der Waals surface area contributed by atoms with E-state index in [-0.39, 0.29) is 27.9 Å². The highest BCUT2D eigenvalue weighted by Gasteiger charge is 2.22. The van der Waals surface area contributed by atoms with E-state index in [9.17, 15) is 12.8 Å². The van der Waals surface area contributed by atoms with Gasteiger partial charge in [-0.25, -0.2) is 17.5 Å². The average Bonchev–Trinajstić information content (AvgIpc) is 2.25. The monoisotopic (exact) mass is 290 g/mol. The maximum atomic E-state index is 13.6. The summed E-state index contributed by atoms with van der Waals surface area (Å²) >= 11 is 4.69. The van der Waals surface area contributed by atoms with Crippen molar-refractivity contribution in [2.24, 2.45) is 11.7 Å². The number of sulfonamides is 1. The molecule has 0 spiro atoms. The first kappa shape index (κ1) is 15.0. The first-order valence-corrected chi connectivity index (χ1v) is 7.23. The van der Waals surface area contributed by atoms with Gasteiger partial charge in [-0.2, -0.15) is 0 Å². The molecule has 0 bridgehead atoms. The number of rotatable bonds is 5. The van der Waals surface area contributed by atoms with Gasteiger partial charge in [-0.05, 0) is 18.1 Å². The van der Waals surface area contributed by atoms with Crippen LogP contribution in [0.15, 0.2) is 23.1 Å². The maximum Gasteiger partial charge on any atom is 0.241 e. The molecule has 4 nitrogen and oxygen atoms in total. The Morgan fingerprint density at radius 1 is 1.50 bits per heavy atom. The predicted octanol–water partition coefficient (Wildman–Crippen LogP) is 1.39. The number of thiocarbonyl (C=S) groups is 1. The minimum absolute atomic E-state index is 0.140. The highest BCUT2D eigenvalue weighted by Crippen LogP contribution is 2.18. The summed E-state index contributed by atoms with van der Waals surface area (Å²) in [5, 5.41) is 0. The molecule has 0 aliphatic heterocycles. The molecule has 0 atom stereocenters. The molecule has 0 fully saturated rings. The van der Waals surface area contributed by atoms with Crippen molar-refractivity contribution in [3.63, 3.8) is 0 Å². The second-order valence-electron chi connectivity index (χ2n) is 4.22. The van der Waals surface area contributed by atoms with Gasteiger partial charge in [-0.15, -0.1) is 0 Å². The van der Waals surface area contributed by atoms with Gasteiger partial charge in [0, 0.05) is 6.54 Å². The zero-order chi connectivity index (χ0) is 13.9. The third-order valence-corrected chi connectivity index (χ3v) is 3.86. The minimum atomic E-state index is -3.81. The molecular weight excluding hydrogens is 275 g/mol. The van der Waals surface area contributed by atoms with Crippen molar-refractivity contribution >= 4 is 27.2 Å². The highest BCUT2D eigenvalue weighted by atomic mass is 32.2. The van der Waals surface area contributed by atoms with Crippen LogP contribution in [-0.4, -0.2) is 20.0 Å². The zero-order valence-electron chi connectivity index (χ0n) is 10.1. The molecule has 0 heterocycles. The summed E-state index contributed by atoms with van der Waals surface area (Å²) in [6, 6.07) is 3.71. The van der Waals surface area contributed by atoms with E-state index in [1.54, 1.807) is 0 Å². The normalized spacial score (nSPS) is 11.8. The fourth-order valence-electron chi connectivity index (χ4n) is 1.32. The van der Waals surface area contributed by atoms with Gasteiger partial charge in [-0.3, -0.25) is 0 Å². The smallest absolute Gasteiger partial charge is 0.241 e. The molecule has 3 N–H and O–H groups in total. The maximum absolute atomic E-state index is 13.6. The second kappa shape index (κ2) is 5.73. The van der Waals surface area contributed by atoms with Crippen LogP contribution >= 0.6 is 12.2 Å². The number of halogens is 1. The van der Waals surface area contributed by atoms with Crippen molar-refractivity contribution in [1.82, 2.24) is 4.72 Å². The van der Waals surface area contributed by atoms with E-state index in [0.29, 0.717) is 0 Å². The summed E-state index contributed by atoms with van der Waals surface area (Å²) < 4.78 is 40.0. The van der Waals surface area contributed by atoms with E-state index < -0.39 is 15.8 Å². The molecule has 0 saturated carbocycles. The van der Waals surface area contributed by atoms with Crippen molar-refractivity contribution in [3.8, 4) is 0 Å². The topological polar surface area (TPSA) is 72.2 Å². The van der Waals surface area contributed by atoms with Crippen LogP contribution in [0.25, 0.3) is 0 Å². The molecular formula is C11H15FN2O2S2. The van der Waals surface area contributed by atoms with Crippen molar-refractivity contribution in [1.29, 1.82) is 0 Å². The van der Waals surface area contributed by atoms with Crippen LogP contribution in [0.2, 0.25) is 0 Å². The summed E-state index contributed by atoms with van der Waals surface area (Å²) in [6.45, 7) is 3.99. The Morgan fingerprint density at radius 2 is 2.11 bits per heavy atom. The predicted molar refractivity (Wildman–Crippen MR) is 72.3 cm³/mol. The average molecular weight is 290 g/mol. The standard InChI is InChI=1S/C11H15FN2O2S2/c1-7(2)6-14-18(15,16)9-5-3-4-8(12)10(9)11(13)17/h3-5,7,14H,6H2,1-2H3,(H2,13,17). The lowest BCUT2D eigenvalue weighted by Gasteiger charge is -2.12. The van der Waals surface area contributed by atoms with Crippen LogP contribution in [0.1, 0.15) is 19.4 Å². The van der Waals surface area contributed by atoms with Gasteiger partial charge in [0.1, 0.15) is 10.8 Å². The van der Waals surface area contributed by atoms with E-state index in [1.807, 2.05) is 13.8 Å². The largest absolute Gasteiger partial charge is 0.389 e. The molecule has 1 aromatic carbocycles. The Kier molecular flexibility index (Phi) is 4.78. The number of nitrogens with one attached hydrogen (secondary N) is 1. The van der Waals surface area contributed by atoms with Crippen molar-refractivity contribution < 1.29 is 12.8 Å². The molecule has 100 valence electrons. The van der Waals surface area contributed by atoms with E-state index >= 15 is 0 Å². The summed E-state index contributed by atoms with van der Waals surface area (Å²) in [6.07, 6.45) is 0. The Morgan fingerprint density at radius 3 is 2.61 bits per heavy atom. The molecule has 0 saturated heterocycles. The zero-order valence-corrected chi connectivity index (χ0v) is 11.7. The molecule has 1 aromatic rings. The Hall–Kier alpha value is -1.05. The van der Waals surface area contributed by atoms with E-state index in [2.05, 4.69) is 16.9 Å². The Bertz CT molecular complexity index is 556. The molecule has 0 aliphatic carbocycles. The summed E-state index contributed by atoms with van der Waals surface area (Å²) in [7, 11) is -3.81. The Balaban J connectivity index is 3.24. The Labute approximate surface area is 111 Å². The SMILES string of the molecule is CC(C)CNS(=O)(=O)c1cccc(F)c1C(N)=S. The molecule has 1 rings (SSSR count). The van der Waals surface area contributed by atoms with Gasteiger partial charge in [-0.1, -0.05) is 32.1 Å². The van der Waals surface area contributed by atoms with E-state index in [4.69, 9.17) is 5.73 Å². The second-order valence-corrected chi connectivity index (χ2v) is 6.40. The van der Waals surface area contributed by atoms with Gasteiger partial charge < -0.3 is 5.73 Å². The third-order valence-electron chi connectivity index (χ3n) is 2.19.